The Morgan fingerprint density at radius 3 is 2.28 bits per heavy atom. The summed E-state index contributed by atoms with van der Waals surface area (Å²) in [6.45, 7) is 2.15. The molecule has 0 bridgehead atoms. The van der Waals surface area contributed by atoms with E-state index >= 15 is 0 Å². The number of nitrogens with two attached hydrogens (primary N) is 1. The summed E-state index contributed by atoms with van der Waals surface area (Å²) in [5, 5.41) is 0.197. The first-order chi connectivity index (χ1) is 8.56. The molecule has 18 heavy (non-hydrogen) atoms. The Hall–Kier alpha value is -1.40. The third kappa shape index (κ3) is 2.26. The lowest BCUT2D eigenvalue weighted by atomic mass is 10.2. The summed E-state index contributed by atoms with van der Waals surface area (Å²) in [6, 6.07) is 1.29. The van der Waals surface area contributed by atoms with Crippen LogP contribution in [0, 0.1) is 17.5 Å². The molecule has 0 unspecified atom stereocenters. The Bertz CT molecular complexity index is 536. The minimum Gasteiger partial charge on any atom is -0.326 e. The van der Waals surface area contributed by atoms with Gasteiger partial charge in [0.1, 0.15) is 22.5 Å². The Balaban J connectivity index is 2.58. The van der Waals surface area contributed by atoms with Crippen LogP contribution in [0.2, 0.25) is 0 Å². The van der Waals surface area contributed by atoms with Crippen LogP contribution in [0.3, 0.4) is 0 Å². The molecular formula is C12H11F3N2S. The molecule has 2 aromatic rings. The summed E-state index contributed by atoms with van der Waals surface area (Å²) < 4.78 is 40.0. The third-order valence-electron chi connectivity index (χ3n) is 2.52. The minimum absolute atomic E-state index is 0.197. The highest BCUT2D eigenvalue weighted by molar-refractivity contribution is 7.15. The molecule has 0 saturated heterocycles. The number of benzene rings is 1. The fourth-order valence-electron chi connectivity index (χ4n) is 1.67. The van der Waals surface area contributed by atoms with Crippen molar-refractivity contribution in [2.75, 3.05) is 0 Å². The van der Waals surface area contributed by atoms with E-state index in [2.05, 4.69) is 4.98 Å². The SMILES string of the molecule is CCc1nc(-c2c(F)cc(F)cc2F)sc1CN. The Morgan fingerprint density at radius 2 is 1.83 bits per heavy atom. The lowest BCUT2D eigenvalue weighted by Crippen LogP contribution is -1.97. The molecule has 1 aromatic heterocycles. The number of thiazole rings is 1. The van der Waals surface area contributed by atoms with Crippen molar-refractivity contribution in [1.82, 2.24) is 4.98 Å². The van der Waals surface area contributed by atoms with E-state index in [1.807, 2.05) is 6.92 Å². The Kier molecular flexibility index (Phi) is 3.68. The van der Waals surface area contributed by atoms with Gasteiger partial charge in [0.15, 0.2) is 0 Å². The normalized spacial score (nSPS) is 10.9. The van der Waals surface area contributed by atoms with E-state index in [-0.39, 0.29) is 17.1 Å². The van der Waals surface area contributed by atoms with E-state index in [1.54, 1.807) is 0 Å². The zero-order valence-electron chi connectivity index (χ0n) is 9.64. The van der Waals surface area contributed by atoms with Crippen LogP contribution in [0.5, 0.6) is 0 Å². The molecule has 0 aliphatic heterocycles. The first kappa shape index (κ1) is 13.0. The zero-order valence-corrected chi connectivity index (χ0v) is 10.5. The summed E-state index contributed by atoms with van der Waals surface area (Å²) in [5.74, 6) is -2.85. The van der Waals surface area contributed by atoms with Gasteiger partial charge < -0.3 is 5.73 Å². The monoisotopic (exact) mass is 272 g/mol. The highest BCUT2D eigenvalue weighted by atomic mass is 32.1. The van der Waals surface area contributed by atoms with Crippen LogP contribution < -0.4 is 5.73 Å². The van der Waals surface area contributed by atoms with Crippen molar-refractivity contribution in [3.63, 3.8) is 0 Å². The first-order valence-corrected chi connectivity index (χ1v) is 6.22. The van der Waals surface area contributed by atoms with Gasteiger partial charge in [0, 0.05) is 23.6 Å². The minimum atomic E-state index is -0.951. The van der Waals surface area contributed by atoms with Crippen molar-refractivity contribution >= 4 is 11.3 Å². The van der Waals surface area contributed by atoms with E-state index in [9.17, 15) is 13.2 Å². The molecule has 1 aromatic carbocycles. The number of hydrogen-bond donors (Lipinski definition) is 1. The predicted octanol–water partition coefficient (Wildman–Crippen LogP) is 3.25. The molecule has 0 atom stereocenters. The Labute approximate surface area is 106 Å². The largest absolute Gasteiger partial charge is 0.326 e. The second kappa shape index (κ2) is 5.07. The van der Waals surface area contributed by atoms with Crippen LogP contribution >= 0.6 is 11.3 Å². The average molecular weight is 272 g/mol. The van der Waals surface area contributed by atoms with Gasteiger partial charge in [-0.2, -0.15) is 0 Å². The fourth-order valence-corrected chi connectivity index (χ4v) is 2.75. The number of halogens is 3. The van der Waals surface area contributed by atoms with Gasteiger partial charge in [-0.15, -0.1) is 11.3 Å². The number of nitrogens with zero attached hydrogens (tertiary/aromatic N) is 1. The number of rotatable bonds is 3. The van der Waals surface area contributed by atoms with Crippen molar-refractivity contribution in [3.8, 4) is 10.6 Å². The number of aryl methyl sites for hydroxylation is 1. The van der Waals surface area contributed by atoms with E-state index < -0.39 is 17.5 Å². The molecule has 2 rings (SSSR count). The van der Waals surface area contributed by atoms with Crippen LogP contribution in [-0.4, -0.2) is 4.98 Å². The quantitative estimate of drug-likeness (QED) is 0.931. The maximum absolute atomic E-state index is 13.6. The molecule has 0 saturated carbocycles. The molecular weight excluding hydrogens is 261 g/mol. The van der Waals surface area contributed by atoms with Crippen LogP contribution in [-0.2, 0) is 13.0 Å². The summed E-state index contributed by atoms with van der Waals surface area (Å²) >= 11 is 1.13. The van der Waals surface area contributed by atoms with E-state index in [4.69, 9.17) is 5.73 Å². The second-order valence-corrected chi connectivity index (χ2v) is 4.77. The summed E-state index contributed by atoms with van der Waals surface area (Å²) in [5.41, 5.74) is 5.97. The summed E-state index contributed by atoms with van der Waals surface area (Å²) in [4.78, 5) is 4.94. The van der Waals surface area contributed by atoms with Crippen molar-refractivity contribution in [2.24, 2.45) is 5.73 Å². The molecule has 96 valence electrons. The van der Waals surface area contributed by atoms with E-state index in [0.29, 0.717) is 18.6 Å². The van der Waals surface area contributed by atoms with Gasteiger partial charge in [-0.3, -0.25) is 0 Å². The van der Waals surface area contributed by atoms with E-state index in [1.165, 1.54) is 0 Å². The standard InChI is InChI=1S/C12H11F3N2S/c1-2-9-10(5-16)18-12(17-9)11-7(14)3-6(13)4-8(11)15/h3-4H,2,5,16H2,1H3. The Morgan fingerprint density at radius 1 is 1.22 bits per heavy atom. The summed E-state index contributed by atoms with van der Waals surface area (Å²) in [6.07, 6.45) is 0.632. The smallest absolute Gasteiger partial charge is 0.139 e. The molecule has 6 heteroatoms. The first-order valence-electron chi connectivity index (χ1n) is 5.40. The second-order valence-electron chi connectivity index (χ2n) is 3.69. The third-order valence-corrected chi connectivity index (χ3v) is 3.66. The molecule has 0 spiro atoms. The summed E-state index contributed by atoms with van der Waals surface area (Å²) in [7, 11) is 0. The van der Waals surface area contributed by atoms with Crippen molar-refractivity contribution in [2.45, 2.75) is 19.9 Å². The molecule has 0 aliphatic rings. The highest BCUT2D eigenvalue weighted by Crippen LogP contribution is 2.32. The van der Waals surface area contributed by atoms with Crippen molar-refractivity contribution in [3.05, 3.63) is 40.2 Å². The predicted molar refractivity (Wildman–Crippen MR) is 64.7 cm³/mol. The van der Waals surface area contributed by atoms with Crippen LogP contribution in [0.25, 0.3) is 10.6 Å². The number of aromatic nitrogens is 1. The van der Waals surface area contributed by atoms with Gasteiger partial charge in [-0.05, 0) is 6.42 Å². The number of hydrogen-bond acceptors (Lipinski definition) is 3. The molecule has 1 heterocycles. The fraction of sp³-hybridized carbons (Fsp3) is 0.250. The van der Waals surface area contributed by atoms with Gasteiger partial charge in [0.05, 0.1) is 11.3 Å². The lowest BCUT2D eigenvalue weighted by molar-refractivity contribution is 0.548. The molecule has 2 nitrogen and oxygen atoms in total. The topological polar surface area (TPSA) is 38.9 Å². The van der Waals surface area contributed by atoms with Crippen molar-refractivity contribution in [1.29, 1.82) is 0 Å². The average Bonchev–Trinajstić information content (AvgIpc) is 2.70. The van der Waals surface area contributed by atoms with Gasteiger partial charge in [-0.1, -0.05) is 6.92 Å². The maximum atomic E-state index is 13.6. The molecule has 0 fully saturated rings. The van der Waals surface area contributed by atoms with E-state index in [0.717, 1.165) is 21.9 Å². The molecule has 0 amide bonds. The molecule has 0 radical (unpaired) electrons. The van der Waals surface area contributed by atoms with Crippen LogP contribution in [0.1, 0.15) is 17.5 Å². The maximum Gasteiger partial charge on any atom is 0.139 e. The van der Waals surface area contributed by atoms with Crippen LogP contribution in [0.15, 0.2) is 12.1 Å². The molecule has 0 aliphatic carbocycles. The lowest BCUT2D eigenvalue weighted by Gasteiger charge is -2.01. The van der Waals surface area contributed by atoms with Gasteiger partial charge in [-0.25, -0.2) is 18.2 Å². The highest BCUT2D eigenvalue weighted by Gasteiger charge is 2.18. The molecule has 2 N–H and O–H groups in total. The van der Waals surface area contributed by atoms with Gasteiger partial charge >= 0.3 is 0 Å². The van der Waals surface area contributed by atoms with Gasteiger partial charge in [0.25, 0.3) is 0 Å². The van der Waals surface area contributed by atoms with Crippen molar-refractivity contribution < 1.29 is 13.2 Å². The van der Waals surface area contributed by atoms with Crippen LogP contribution in [0.4, 0.5) is 13.2 Å². The zero-order chi connectivity index (χ0) is 13.3. The van der Waals surface area contributed by atoms with Gasteiger partial charge in [0.2, 0.25) is 0 Å².